The molecule has 1 heterocycles. The van der Waals surface area contributed by atoms with E-state index in [1.807, 2.05) is 0 Å². The van der Waals surface area contributed by atoms with Crippen molar-refractivity contribution in [1.82, 2.24) is 4.90 Å². The van der Waals surface area contributed by atoms with E-state index in [0.29, 0.717) is 16.5 Å². The summed E-state index contributed by atoms with van der Waals surface area (Å²) in [5.41, 5.74) is 1.09. The number of hydrogen-bond acceptors (Lipinski definition) is 3. The Hall–Kier alpha value is -1.88. The van der Waals surface area contributed by atoms with E-state index >= 15 is 0 Å². The zero-order valence-corrected chi connectivity index (χ0v) is 10.2. The van der Waals surface area contributed by atoms with E-state index in [-0.39, 0.29) is 30.6 Å². The Kier molecular flexibility index (Phi) is 3.34. The van der Waals surface area contributed by atoms with Gasteiger partial charge in [0.05, 0.1) is 6.61 Å². The highest BCUT2D eigenvalue weighted by molar-refractivity contribution is 5.98. The largest absolute Gasteiger partial charge is 0.451 e. The highest BCUT2D eigenvalue weighted by Gasteiger charge is 2.20. The minimum atomic E-state index is -0.367. The number of likely N-dealkylation sites (N-methyl/N-ethyl adjacent to an activating group) is 1. The van der Waals surface area contributed by atoms with Crippen molar-refractivity contribution < 1.29 is 18.7 Å². The van der Waals surface area contributed by atoms with Gasteiger partial charge in [-0.1, -0.05) is 0 Å². The molecule has 18 heavy (non-hydrogen) atoms. The van der Waals surface area contributed by atoms with Crippen molar-refractivity contribution in [2.75, 3.05) is 20.2 Å². The molecule has 0 aliphatic rings. The summed E-state index contributed by atoms with van der Waals surface area (Å²) in [5.74, 6) is -0.501. The summed E-state index contributed by atoms with van der Waals surface area (Å²) in [5, 5.41) is 9.40. The van der Waals surface area contributed by atoms with Crippen LogP contribution in [0.2, 0.25) is 0 Å². The van der Waals surface area contributed by atoms with Crippen molar-refractivity contribution in [3.63, 3.8) is 0 Å². The Morgan fingerprint density at radius 1 is 1.50 bits per heavy atom. The van der Waals surface area contributed by atoms with Crippen LogP contribution in [-0.4, -0.2) is 36.1 Å². The van der Waals surface area contributed by atoms with Crippen LogP contribution in [0.4, 0.5) is 4.39 Å². The molecule has 0 aliphatic carbocycles. The van der Waals surface area contributed by atoms with E-state index in [9.17, 15) is 9.18 Å². The van der Waals surface area contributed by atoms with Gasteiger partial charge in [0.25, 0.3) is 5.91 Å². The van der Waals surface area contributed by atoms with E-state index in [0.717, 1.165) is 0 Å². The lowest BCUT2D eigenvalue weighted by Gasteiger charge is -2.13. The molecule has 0 atom stereocenters. The van der Waals surface area contributed by atoms with Gasteiger partial charge in [0.1, 0.15) is 11.4 Å². The van der Waals surface area contributed by atoms with Gasteiger partial charge in [-0.15, -0.1) is 0 Å². The van der Waals surface area contributed by atoms with Crippen molar-refractivity contribution in [2.45, 2.75) is 6.92 Å². The Bertz CT molecular complexity index is 591. The first-order valence-electron chi connectivity index (χ1n) is 5.59. The SMILES string of the molecule is Cc1c(C(=O)N(C)CCO)oc2ccc(F)cc12. The minimum absolute atomic E-state index is 0.115. The van der Waals surface area contributed by atoms with Crippen molar-refractivity contribution in [3.05, 3.63) is 35.3 Å². The fourth-order valence-corrected chi connectivity index (χ4v) is 1.82. The molecule has 1 aromatic heterocycles. The van der Waals surface area contributed by atoms with Gasteiger partial charge in [-0.2, -0.15) is 0 Å². The number of hydrogen-bond donors (Lipinski definition) is 1. The van der Waals surface area contributed by atoms with Crippen LogP contribution in [0.1, 0.15) is 16.1 Å². The number of aliphatic hydroxyl groups excluding tert-OH is 1. The minimum Gasteiger partial charge on any atom is -0.451 e. The highest BCUT2D eigenvalue weighted by atomic mass is 19.1. The number of amides is 1. The fraction of sp³-hybridized carbons (Fsp3) is 0.308. The van der Waals surface area contributed by atoms with Crippen molar-refractivity contribution in [2.24, 2.45) is 0 Å². The quantitative estimate of drug-likeness (QED) is 0.907. The molecule has 2 rings (SSSR count). The van der Waals surface area contributed by atoms with Crippen LogP contribution in [-0.2, 0) is 0 Å². The number of aryl methyl sites for hydroxylation is 1. The predicted molar refractivity (Wildman–Crippen MR) is 65.0 cm³/mol. The second-order valence-corrected chi connectivity index (χ2v) is 4.15. The fourth-order valence-electron chi connectivity index (χ4n) is 1.82. The van der Waals surface area contributed by atoms with Crippen LogP contribution >= 0.6 is 0 Å². The third-order valence-corrected chi connectivity index (χ3v) is 2.87. The van der Waals surface area contributed by atoms with E-state index in [1.54, 1.807) is 14.0 Å². The molecule has 1 amide bonds. The Balaban J connectivity index is 2.46. The van der Waals surface area contributed by atoms with Crippen molar-refractivity contribution in [1.29, 1.82) is 0 Å². The number of furan rings is 1. The molecule has 1 N–H and O–H groups in total. The molecular formula is C13H14FNO3. The van der Waals surface area contributed by atoms with Gasteiger partial charge in [0.15, 0.2) is 5.76 Å². The average Bonchev–Trinajstić information content (AvgIpc) is 2.66. The second-order valence-electron chi connectivity index (χ2n) is 4.15. The molecule has 1 aromatic carbocycles. The predicted octanol–water partition coefficient (Wildman–Crippen LogP) is 1.94. The summed E-state index contributed by atoms with van der Waals surface area (Å²) in [6.45, 7) is 1.82. The Morgan fingerprint density at radius 2 is 2.22 bits per heavy atom. The molecule has 0 aliphatic heterocycles. The molecular weight excluding hydrogens is 237 g/mol. The summed E-state index contributed by atoms with van der Waals surface area (Å²) in [7, 11) is 1.58. The van der Waals surface area contributed by atoms with Gasteiger partial charge in [-0.3, -0.25) is 4.79 Å². The molecule has 5 heteroatoms. The van der Waals surface area contributed by atoms with Crippen molar-refractivity contribution >= 4 is 16.9 Å². The molecule has 0 spiro atoms. The molecule has 0 radical (unpaired) electrons. The molecule has 4 nitrogen and oxygen atoms in total. The molecule has 0 saturated carbocycles. The molecule has 0 unspecified atom stereocenters. The lowest BCUT2D eigenvalue weighted by molar-refractivity contribution is 0.0737. The molecule has 96 valence electrons. The van der Waals surface area contributed by atoms with E-state index in [1.165, 1.54) is 23.1 Å². The first-order chi connectivity index (χ1) is 8.54. The van der Waals surface area contributed by atoms with Gasteiger partial charge in [0.2, 0.25) is 0 Å². The number of benzene rings is 1. The number of rotatable bonds is 3. The summed E-state index contributed by atoms with van der Waals surface area (Å²) < 4.78 is 18.6. The van der Waals surface area contributed by atoms with Crippen LogP contribution in [0.15, 0.2) is 22.6 Å². The number of carbonyl (C=O) groups excluding carboxylic acids is 1. The van der Waals surface area contributed by atoms with Gasteiger partial charge >= 0.3 is 0 Å². The monoisotopic (exact) mass is 251 g/mol. The number of nitrogens with zero attached hydrogens (tertiary/aromatic N) is 1. The topological polar surface area (TPSA) is 53.7 Å². The second kappa shape index (κ2) is 4.78. The third kappa shape index (κ3) is 2.09. The number of aliphatic hydroxyl groups is 1. The average molecular weight is 251 g/mol. The van der Waals surface area contributed by atoms with E-state index in [2.05, 4.69) is 0 Å². The lowest BCUT2D eigenvalue weighted by atomic mass is 10.1. The maximum Gasteiger partial charge on any atom is 0.289 e. The summed E-state index contributed by atoms with van der Waals surface area (Å²) in [4.78, 5) is 13.4. The zero-order chi connectivity index (χ0) is 13.3. The molecule has 0 bridgehead atoms. The number of carbonyl (C=O) groups is 1. The maximum atomic E-state index is 13.1. The maximum absolute atomic E-state index is 13.1. The number of halogens is 1. The third-order valence-electron chi connectivity index (χ3n) is 2.87. The Morgan fingerprint density at radius 3 is 2.89 bits per heavy atom. The molecule has 2 aromatic rings. The Labute approximate surface area is 104 Å². The van der Waals surface area contributed by atoms with Crippen LogP contribution < -0.4 is 0 Å². The van der Waals surface area contributed by atoms with Crippen LogP contribution in [0.5, 0.6) is 0 Å². The molecule has 0 saturated heterocycles. The summed E-state index contributed by atoms with van der Waals surface area (Å²) in [6.07, 6.45) is 0. The normalized spacial score (nSPS) is 10.9. The molecule has 0 fully saturated rings. The standard InChI is InChI=1S/C13H14FNO3/c1-8-10-7-9(14)3-4-11(10)18-12(8)13(17)15(2)5-6-16/h3-4,7,16H,5-6H2,1-2H3. The van der Waals surface area contributed by atoms with Gasteiger partial charge in [0, 0.05) is 24.5 Å². The van der Waals surface area contributed by atoms with Crippen molar-refractivity contribution in [3.8, 4) is 0 Å². The van der Waals surface area contributed by atoms with Crippen LogP contribution in [0.25, 0.3) is 11.0 Å². The number of fused-ring (bicyclic) bond motifs is 1. The van der Waals surface area contributed by atoms with Crippen LogP contribution in [0.3, 0.4) is 0 Å². The first kappa shape index (κ1) is 12.6. The van der Waals surface area contributed by atoms with E-state index in [4.69, 9.17) is 9.52 Å². The summed E-state index contributed by atoms with van der Waals surface area (Å²) >= 11 is 0. The van der Waals surface area contributed by atoms with Gasteiger partial charge in [-0.05, 0) is 25.1 Å². The van der Waals surface area contributed by atoms with Crippen LogP contribution in [0, 0.1) is 12.7 Å². The smallest absolute Gasteiger partial charge is 0.289 e. The lowest BCUT2D eigenvalue weighted by Crippen LogP contribution is -2.29. The van der Waals surface area contributed by atoms with E-state index < -0.39 is 0 Å². The first-order valence-corrected chi connectivity index (χ1v) is 5.59. The zero-order valence-electron chi connectivity index (χ0n) is 10.2. The van der Waals surface area contributed by atoms with Gasteiger partial charge < -0.3 is 14.4 Å². The van der Waals surface area contributed by atoms with Gasteiger partial charge in [-0.25, -0.2) is 4.39 Å². The summed E-state index contributed by atoms with van der Waals surface area (Å²) in [6, 6.07) is 4.13. The highest BCUT2D eigenvalue weighted by Crippen LogP contribution is 2.26.